The van der Waals surface area contributed by atoms with E-state index in [1.165, 1.54) is 0 Å². The number of hydrogen-bond acceptors (Lipinski definition) is 3. The third-order valence-electron chi connectivity index (χ3n) is 2.55. The van der Waals surface area contributed by atoms with E-state index in [-0.39, 0.29) is 6.09 Å². The Hall–Kier alpha value is -1.46. The lowest BCUT2D eigenvalue weighted by Crippen LogP contribution is -2.44. The SMILES string of the molecule is CCCN=C(NCC)NCCN(CC)C(=O)OC(C)(C)C. The smallest absolute Gasteiger partial charge is 0.410 e. The summed E-state index contributed by atoms with van der Waals surface area (Å²) in [7, 11) is 0. The summed E-state index contributed by atoms with van der Waals surface area (Å²) in [5.41, 5.74) is -0.463. The number of rotatable bonds is 7. The summed E-state index contributed by atoms with van der Waals surface area (Å²) in [6.45, 7) is 15.1. The molecule has 124 valence electrons. The van der Waals surface area contributed by atoms with Crippen LogP contribution in [0.4, 0.5) is 4.79 Å². The van der Waals surface area contributed by atoms with Gasteiger partial charge in [0.1, 0.15) is 5.60 Å². The molecular weight excluding hydrogens is 268 g/mol. The van der Waals surface area contributed by atoms with Gasteiger partial charge >= 0.3 is 6.09 Å². The molecule has 0 atom stereocenters. The predicted octanol–water partition coefficient (Wildman–Crippen LogP) is 2.21. The van der Waals surface area contributed by atoms with Crippen LogP contribution in [0.15, 0.2) is 4.99 Å². The second-order valence-corrected chi connectivity index (χ2v) is 5.75. The zero-order valence-electron chi connectivity index (χ0n) is 14.5. The summed E-state index contributed by atoms with van der Waals surface area (Å²) < 4.78 is 5.37. The maximum absolute atomic E-state index is 12.0. The Morgan fingerprint density at radius 3 is 2.33 bits per heavy atom. The molecule has 2 N–H and O–H groups in total. The Morgan fingerprint density at radius 2 is 1.86 bits per heavy atom. The highest BCUT2D eigenvalue weighted by molar-refractivity contribution is 5.79. The molecule has 21 heavy (non-hydrogen) atoms. The number of amides is 1. The Morgan fingerprint density at radius 1 is 1.19 bits per heavy atom. The highest BCUT2D eigenvalue weighted by Crippen LogP contribution is 2.09. The molecule has 0 aromatic heterocycles. The van der Waals surface area contributed by atoms with Crippen LogP contribution in [0, 0.1) is 0 Å². The van der Waals surface area contributed by atoms with Crippen LogP contribution in [0.25, 0.3) is 0 Å². The normalized spacial score (nSPS) is 12.0. The minimum atomic E-state index is -0.463. The maximum Gasteiger partial charge on any atom is 0.410 e. The molecule has 0 aliphatic carbocycles. The Balaban J connectivity index is 4.29. The highest BCUT2D eigenvalue weighted by atomic mass is 16.6. The molecule has 0 heterocycles. The van der Waals surface area contributed by atoms with Gasteiger partial charge in [0.05, 0.1) is 0 Å². The van der Waals surface area contributed by atoms with Gasteiger partial charge < -0.3 is 20.3 Å². The Kier molecular flexibility index (Phi) is 9.58. The topological polar surface area (TPSA) is 66.0 Å². The molecule has 0 saturated heterocycles. The fraction of sp³-hybridized carbons (Fsp3) is 0.867. The molecule has 0 saturated carbocycles. The van der Waals surface area contributed by atoms with Crippen molar-refractivity contribution in [3.05, 3.63) is 0 Å². The summed E-state index contributed by atoms with van der Waals surface area (Å²) >= 11 is 0. The fourth-order valence-electron chi connectivity index (χ4n) is 1.58. The maximum atomic E-state index is 12.0. The van der Waals surface area contributed by atoms with Gasteiger partial charge in [0.2, 0.25) is 0 Å². The number of carbonyl (C=O) groups excluding carboxylic acids is 1. The summed E-state index contributed by atoms with van der Waals surface area (Å²) in [6, 6.07) is 0. The first-order valence-corrected chi connectivity index (χ1v) is 7.84. The van der Waals surface area contributed by atoms with Crippen molar-refractivity contribution >= 4 is 12.1 Å². The van der Waals surface area contributed by atoms with Crippen LogP contribution in [-0.2, 0) is 4.74 Å². The van der Waals surface area contributed by atoms with E-state index in [0.29, 0.717) is 19.6 Å². The van der Waals surface area contributed by atoms with E-state index in [1.54, 1.807) is 4.90 Å². The van der Waals surface area contributed by atoms with E-state index in [9.17, 15) is 4.79 Å². The zero-order chi connectivity index (χ0) is 16.3. The lowest BCUT2D eigenvalue weighted by Gasteiger charge is -2.26. The van der Waals surface area contributed by atoms with E-state index in [2.05, 4.69) is 22.5 Å². The van der Waals surface area contributed by atoms with Gasteiger partial charge in [-0.05, 0) is 41.0 Å². The first-order valence-electron chi connectivity index (χ1n) is 7.84. The standard InChI is InChI=1S/C15H32N4O2/c1-7-10-17-13(16-8-2)18-11-12-19(9-3)14(20)21-15(4,5)6/h7-12H2,1-6H3,(H2,16,17,18). The first-order chi connectivity index (χ1) is 9.84. The lowest BCUT2D eigenvalue weighted by molar-refractivity contribution is 0.0264. The minimum absolute atomic E-state index is 0.276. The summed E-state index contributed by atoms with van der Waals surface area (Å²) in [5, 5.41) is 6.41. The van der Waals surface area contributed by atoms with E-state index in [1.807, 2.05) is 34.6 Å². The molecule has 0 bridgehead atoms. The van der Waals surface area contributed by atoms with E-state index >= 15 is 0 Å². The zero-order valence-corrected chi connectivity index (χ0v) is 14.5. The number of aliphatic imine (C=N–C) groups is 1. The summed E-state index contributed by atoms with van der Waals surface area (Å²) in [6.07, 6.45) is 0.734. The van der Waals surface area contributed by atoms with Crippen molar-refractivity contribution in [3.63, 3.8) is 0 Å². The van der Waals surface area contributed by atoms with Gasteiger partial charge in [-0.3, -0.25) is 4.99 Å². The van der Waals surface area contributed by atoms with Gasteiger partial charge in [-0.1, -0.05) is 6.92 Å². The number of carbonyl (C=O) groups is 1. The summed E-state index contributed by atoms with van der Waals surface area (Å²) in [5.74, 6) is 0.791. The van der Waals surface area contributed by atoms with Gasteiger partial charge in [-0.15, -0.1) is 0 Å². The predicted molar refractivity (Wildman–Crippen MR) is 87.8 cm³/mol. The third-order valence-corrected chi connectivity index (χ3v) is 2.55. The molecule has 0 rings (SSSR count). The van der Waals surface area contributed by atoms with Crippen molar-refractivity contribution in [2.75, 3.05) is 32.7 Å². The number of likely N-dealkylation sites (N-methyl/N-ethyl adjacent to an activating group) is 1. The van der Waals surface area contributed by atoms with Crippen molar-refractivity contribution < 1.29 is 9.53 Å². The van der Waals surface area contributed by atoms with Gasteiger partial charge in [-0.2, -0.15) is 0 Å². The van der Waals surface area contributed by atoms with E-state index < -0.39 is 5.60 Å². The number of hydrogen-bond donors (Lipinski definition) is 2. The highest BCUT2D eigenvalue weighted by Gasteiger charge is 2.20. The van der Waals surface area contributed by atoms with Crippen molar-refractivity contribution in [2.24, 2.45) is 4.99 Å². The molecule has 0 aliphatic heterocycles. The minimum Gasteiger partial charge on any atom is -0.444 e. The van der Waals surface area contributed by atoms with Crippen LogP contribution in [-0.4, -0.2) is 55.3 Å². The Labute approximate surface area is 129 Å². The number of nitrogens with one attached hydrogen (secondary N) is 2. The molecule has 0 unspecified atom stereocenters. The molecule has 0 spiro atoms. The molecule has 0 fully saturated rings. The molecular formula is C15H32N4O2. The monoisotopic (exact) mass is 300 g/mol. The number of nitrogens with zero attached hydrogens (tertiary/aromatic N) is 2. The van der Waals surface area contributed by atoms with Crippen LogP contribution in [0.5, 0.6) is 0 Å². The average Bonchev–Trinajstić information content (AvgIpc) is 2.38. The molecule has 1 amide bonds. The quantitative estimate of drug-likeness (QED) is 0.559. The van der Waals surface area contributed by atoms with Crippen LogP contribution in [0.2, 0.25) is 0 Å². The van der Waals surface area contributed by atoms with Crippen LogP contribution in [0.1, 0.15) is 48.0 Å². The van der Waals surface area contributed by atoms with Gasteiger partial charge in [0, 0.05) is 32.7 Å². The van der Waals surface area contributed by atoms with Gasteiger partial charge in [0.15, 0.2) is 5.96 Å². The molecule has 0 aromatic carbocycles. The first kappa shape index (κ1) is 19.5. The van der Waals surface area contributed by atoms with Crippen molar-refractivity contribution in [3.8, 4) is 0 Å². The molecule has 0 radical (unpaired) electrons. The molecule has 6 nitrogen and oxygen atoms in total. The second-order valence-electron chi connectivity index (χ2n) is 5.75. The van der Waals surface area contributed by atoms with Crippen LogP contribution >= 0.6 is 0 Å². The van der Waals surface area contributed by atoms with E-state index in [0.717, 1.165) is 25.5 Å². The van der Waals surface area contributed by atoms with Crippen LogP contribution in [0.3, 0.4) is 0 Å². The Bertz CT molecular complexity index is 324. The number of guanidine groups is 1. The second kappa shape index (κ2) is 10.3. The van der Waals surface area contributed by atoms with Gasteiger partial charge in [-0.25, -0.2) is 4.79 Å². The summed E-state index contributed by atoms with van der Waals surface area (Å²) in [4.78, 5) is 18.1. The van der Waals surface area contributed by atoms with E-state index in [4.69, 9.17) is 4.74 Å². The van der Waals surface area contributed by atoms with Gasteiger partial charge in [0.25, 0.3) is 0 Å². The lowest BCUT2D eigenvalue weighted by atomic mass is 10.2. The largest absolute Gasteiger partial charge is 0.444 e. The average molecular weight is 300 g/mol. The molecule has 6 heteroatoms. The van der Waals surface area contributed by atoms with Crippen molar-refractivity contribution in [2.45, 2.75) is 53.6 Å². The van der Waals surface area contributed by atoms with Crippen molar-refractivity contribution in [1.82, 2.24) is 15.5 Å². The van der Waals surface area contributed by atoms with Crippen molar-refractivity contribution in [1.29, 1.82) is 0 Å². The fourth-order valence-corrected chi connectivity index (χ4v) is 1.58. The number of ether oxygens (including phenoxy) is 1. The third kappa shape index (κ3) is 9.98. The molecule has 0 aromatic rings. The van der Waals surface area contributed by atoms with Crippen LogP contribution < -0.4 is 10.6 Å². The molecule has 0 aliphatic rings.